The molecule has 3 aromatic rings. The van der Waals surface area contributed by atoms with Crippen LogP contribution >= 0.6 is 0 Å². The molecule has 0 radical (unpaired) electrons. The minimum Gasteiger partial charge on any atom is -0.497 e. The van der Waals surface area contributed by atoms with Crippen LogP contribution in [0.15, 0.2) is 66.4 Å². The van der Waals surface area contributed by atoms with Crippen LogP contribution in [0.25, 0.3) is 6.08 Å². The first-order valence-electron chi connectivity index (χ1n) is 10.3. The second-order valence-corrected chi connectivity index (χ2v) is 7.06. The number of carbonyl (C=O) groups excluding carboxylic acids is 2. The van der Waals surface area contributed by atoms with Crippen LogP contribution in [0, 0.1) is 0 Å². The first kappa shape index (κ1) is 22.0. The van der Waals surface area contributed by atoms with Crippen LogP contribution in [0.4, 0.5) is 0 Å². The maximum Gasteiger partial charge on any atom is 0.343 e. The van der Waals surface area contributed by atoms with Crippen molar-refractivity contribution in [3.8, 4) is 28.7 Å². The van der Waals surface area contributed by atoms with Crippen molar-refractivity contribution in [3.63, 3.8) is 0 Å². The molecule has 0 aromatic heterocycles. The lowest BCUT2D eigenvalue weighted by Gasteiger charge is -2.11. The summed E-state index contributed by atoms with van der Waals surface area (Å²) in [5.74, 6) is 1.63. The Morgan fingerprint density at radius 3 is 2.55 bits per heavy atom. The third kappa shape index (κ3) is 4.67. The molecule has 7 heteroatoms. The van der Waals surface area contributed by atoms with Crippen molar-refractivity contribution in [2.24, 2.45) is 0 Å². The molecule has 168 valence electrons. The summed E-state index contributed by atoms with van der Waals surface area (Å²) in [6, 6.07) is 16.7. The van der Waals surface area contributed by atoms with Gasteiger partial charge in [-0.25, -0.2) is 4.79 Å². The molecule has 0 amide bonds. The van der Waals surface area contributed by atoms with E-state index >= 15 is 0 Å². The quantitative estimate of drug-likeness (QED) is 0.289. The lowest BCUT2D eigenvalue weighted by Crippen LogP contribution is -2.09. The van der Waals surface area contributed by atoms with Gasteiger partial charge in [0, 0.05) is 6.07 Å². The smallest absolute Gasteiger partial charge is 0.343 e. The van der Waals surface area contributed by atoms with Gasteiger partial charge in [0.05, 0.1) is 32.0 Å². The van der Waals surface area contributed by atoms with Crippen molar-refractivity contribution in [1.29, 1.82) is 0 Å². The van der Waals surface area contributed by atoms with Crippen molar-refractivity contribution >= 4 is 17.8 Å². The second-order valence-electron chi connectivity index (χ2n) is 7.06. The number of Topliss-reactive ketones (excluding diaryl/α,β-unsaturated/α-hetero) is 1. The summed E-state index contributed by atoms with van der Waals surface area (Å²) in [4.78, 5) is 25.2. The zero-order chi connectivity index (χ0) is 23.4. The Labute approximate surface area is 191 Å². The van der Waals surface area contributed by atoms with Crippen LogP contribution in [0.2, 0.25) is 0 Å². The predicted octanol–water partition coefficient (Wildman–Crippen LogP) is 4.94. The lowest BCUT2D eigenvalue weighted by molar-refractivity contribution is 0.0729. The van der Waals surface area contributed by atoms with Gasteiger partial charge >= 0.3 is 5.97 Å². The normalized spacial score (nSPS) is 13.3. The number of fused-ring (bicyclic) bond motifs is 1. The molecule has 0 saturated carbocycles. The van der Waals surface area contributed by atoms with Crippen molar-refractivity contribution in [1.82, 2.24) is 0 Å². The molecular weight excluding hydrogens is 424 g/mol. The molecule has 33 heavy (non-hydrogen) atoms. The third-order valence-corrected chi connectivity index (χ3v) is 4.95. The SMILES string of the molecule is CCOc1ccc2c(c1)O/C(=C\c1ccc(OC(=O)c3cccc(OC)c3)c(OC)c1)C2=O. The molecule has 0 unspecified atom stereocenters. The second kappa shape index (κ2) is 9.48. The molecule has 1 aliphatic heterocycles. The van der Waals surface area contributed by atoms with Gasteiger partial charge in [-0.3, -0.25) is 4.79 Å². The van der Waals surface area contributed by atoms with Gasteiger partial charge < -0.3 is 23.7 Å². The number of methoxy groups -OCH3 is 2. The number of hydrogen-bond donors (Lipinski definition) is 0. The molecule has 1 aliphatic rings. The molecule has 0 N–H and O–H groups in total. The van der Waals surface area contributed by atoms with E-state index < -0.39 is 5.97 Å². The molecule has 0 fully saturated rings. The summed E-state index contributed by atoms with van der Waals surface area (Å²) in [5, 5.41) is 0. The molecule has 3 aromatic carbocycles. The standard InChI is InChI=1S/C26H22O7/c1-4-31-19-9-10-20-22(15-19)32-24(25(20)27)13-16-8-11-21(23(12-16)30-3)33-26(28)17-6-5-7-18(14-17)29-2/h5-15H,4H2,1-3H3/b24-13-. The molecule has 7 nitrogen and oxygen atoms in total. The minimum absolute atomic E-state index is 0.182. The highest BCUT2D eigenvalue weighted by atomic mass is 16.6. The van der Waals surface area contributed by atoms with Gasteiger partial charge in [0.2, 0.25) is 5.78 Å². The Balaban J connectivity index is 1.55. The fraction of sp³-hybridized carbons (Fsp3) is 0.154. The number of benzene rings is 3. The van der Waals surface area contributed by atoms with Crippen LogP contribution in [-0.2, 0) is 0 Å². The molecular formula is C26H22O7. The van der Waals surface area contributed by atoms with Crippen molar-refractivity contribution in [2.75, 3.05) is 20.8 Å². The largest absolute Gasteiger partial charge is 0.497 e. The average molecular weight is 446 g/mol. The molecule has 0 spiro atoms. The Kier molecular flexibility index (Phi) is 6.31. The number of allylic oxidation sites excluding steroid dienone is 1. The highest BCUT2D eigenvalue weighted by molar-refractivity contribution is 6.14. The van der Waals surface area contributed by atoms with Gasteiger partial charge in [0.15, 0.2) is 17.3 Å². The Morgan fingerprint density at radius 1 is 0.939 bits per heavy atom. The molecule has 1 heterocycles. The van der Waals surface area contributed by atoms with Crippen molar-refractivity contribution in [2.45, 2.75) is 6.92 Å². The maximum atomic E-state index is 12.7. The van der Waals surface area contributed by atoms with E-state index in [1.54, 1.807) is 66.7 Å². The number of ketones is 1. The Morgan fingerprint density at radius 2 is 1.79 bits per heavy atom. The highest BCUT2D eigenvalue weighted by Crippen LogP contribution is 2.36. The first-order valence-corrected chi connectivity index (χ1v) is 10.3. The zero-order valence-corrected chi connectivity index (χ0v) is 18.4. The van der Waals surface area contributed by atoms with Gasteiger partial charge in [-0.1, -0.05) is 12.1 Å². The monoisotopic (exact) mass is 446 g/mol. The Hall–Kier alpha value is -4.26. The summed E-state index contributed by atoms with van der Waals surface area (Å²) in [5.41, 5.74) is 1.46. The minimum atomic E-state index is -0.548. The van der Waals surface area contributed by atoms with Crippen LogP contribution < -0.4 is 23.7 Å². The molecule has 4 rings (SSSR count). The van der Waals surface area contributed by atoms with E-state index in [1.807, 2.05) is 6.92 Å². The van der Waals surface area contributed by atoms with Gasteiger partial charge in [0.25, 0.3) is 0 Å². The number of rotatable bonds is 7. The number of esters is 1. The van der Waals surface area contributed by atoms with E-state index in [9.17, 15) is 9.59 Å². The Bertz CT molecular complexity index is 1240. The number of carbonyl (C=O) groups is 2. The van der Waals surface area contributed by atoms with E-state index in [0.717, 1.165) is 0 Å². The molecule has 0 bridgehead atoms. The van der Waals surface area contributed by atoms with E-state index in [-0.39, 0.29) is 17.3 Å². The van der Waals surface area contributed by atoms with E-state index in [0.29, 0.717) is 46.3 Å². The van der Waals surface area contributed by atoms with Crippen molar-refractivity contribution < 1.29 is 33.3 Å². The van der Waals surface area contributed by atoms with Crippen LogP contribution in [-0.4, -0.2) is 32.6 Å². The van der Waals surface area contributed by atoms with Crippen LogP contribution in [0.5, 0.6) is 28.7 Å². The number of hydrogen-bond acceptors (Lipinski definition) is 7. The highest BCUT2D eigenvalue weighted by Gasteiger charge is 2.28. The third-order valence-electron chi connectivity index (χ3n) is 4.95. The summed E-state index contributed by atoms with van der Waals surface area (Å²) >= 11 is 0. The molecule has 0 aliphatic carbocycles. The maximum absolute atomic E-state index is 12.7. The summed E-state index contributed by atoms with van der Waals surface area (Å²) < 4.78 is 27.3. The molecule has 0 saturated heterocycles. The van der Waals surface area contributed by atoms with E-state index in [4.69, 9.17) is 23.7 Å². The molecule has 0 atom stereocenters. The topological polar surface area (TPSA) is 80.3 Å². The number of ether oxygens (including phenoxy) is 5. The van der Waals surface area contributed by atoms with E-state index in [2.05, 4.69) is 0 Å². The fourth-order valence-electron chi connectivity index (χ4n) is 3.34. The van der Waals surface area contributed by atoms with Gasteiger partial charge in [-0.15, -0.1) is 0 Å². The van der Waals surface area contributed by atoms with Gasteiger partial charge in [-0.05, 0) is 61.0 Å². The van der Waals surface area contributed by atoms with Crippen molar-refractivity contribution in [3.05, 3.63) is 83.1 Å². The summed E-state index contributed by atoms with van der Waals surface area (Å²) in [6.07, 6.45) is 1.61. The van der Waals surface area contributed by atoms with E-state index in [1.165, 1.54) is 14.2 Å². The first-order chi connectivity index (χ1) is 16.0. The summed E-state index contributed by atoms with van der Waals surface area (Å²) in [7, 11) is 2.99. The van der Waals surface area contributed by atoms with Gasteiger partial charge in [0.1, 0.15) is 17.2 Å². The average Bonchev–Trinajstić information content (AvgIpc) is 3.14. The van der Waals surface area contributed by atoms with Gasteiger partial charge in [-0.2, -0.15) is 0 Å². The predicted molar refractivity (Wildman–Crippen MR) is 121 cm³/mol. The lowest BCUT2D eigenvalue weighted by atomic mass is 10.1. The van der Waals surface area contributed by atoms with Crippen LogP contribution in [0.1, 0.15) is 33.2 Å². The summed E-state index contributed by atoms with van der Waals surface area (Å²) in [6.45, 7) is 2.40. The van der Waals surface area contributed by atoms with Crippen LogP contribution in [0.3, 0.4) is 0 Å². The fourth-order valence-corrected chi connectivity index (χ4v) is 3.34. The zero-order valence-electron chi connectivity index (χ0n) is 18.4.